The van der Waals surface area contributed by atoms with E-state index in [-0.39, 0.29) is 35.7 Å². The van der Waals surface area contributed by atoms with Gasteiger partial charge in [-0.25, -0.2) is 8.42 Å². The molecule has 2 N–H and O–H groups in total. The first-order valence-corrected chi connectivity index (χ1v) is 11.6. The van der Waals surface area contributed by atoms with Gasteiger partial charge in [0, 0.05) is 48.2 Å². The highest BCUT2D eigenvalue weighted by atomic mass is 32.2. The summed E-state index contributed by atoms with van der Waals surface area (Å²) in [5, 5.41) is 5.72. The van der Waals surface area contributed by atoms with E-state index >= 15 is 0 Å². The van der Waals surface area contributed by atoms with E-state index < -0.39 is 15.4 Å². The lowest BCUT2D eigenvalue weighted by atomic mass is 9.95. The second-order valence-electron chi connectivity index (χ2n) is 8.64. The Bertz CT molecular complexity index is 1020. The topological polar surface area (TPSA) is 108 Å². The van der Waals surface area contributed by atoms with Crippen LogP contribution in [0.5, 0.6) is 0 Å². The predicted molar refractivity (Wildman–Crippen MR) is 119 cm³/mol. The summed E-state index contributed by atoms with van der Waals surface area (Å²) < 4.78 is 26.8. The molecule has 0 aliphatic carbocycles. The van der Waals surface area contributed by atoms with Gasteiger partial charge >= 0.3 is 0 Å². The number of sulfonamides is 1. The van der Waals surface area contributed by atoms with Gasteiger partial charge in [-0.15, -0.1) is 0 Å². The number of hydrogen-bond donors (Lipinski definition) is 2. The molecule has 0 saturated carbocycles. The smallest absolute Gasteiger partial charge is 0.244 e. The molecule has 1 aliphatic rings. The van der Waals surface area contributed by atoms with E-state index in [9.17, 15) is 18.0 Å². The Balaban J connectivity index is 1.54. The minimum Gasteiger partial charge on any atom is -0.326 e. The Hall–Kier alpha value is -2.78. The molecule has 0 bridgehead atoms. The first kappa shape index (κ1) is 22.9. The van der Waals surface area contributed by atoms with Gasteiger partial charge in [0.1, 0.15) is 4.90 Å². The minimum atomic E-state index is -3.59. The Morgan fingerprint density at radius 2 is 1.58 bits per heavy atom. The van der Waals surface area contributed by atoms with Crippen molar-refractivity contribution in [2.75, 3.05) is 23.7 Å². The van der Waals surface area contributed by atoms with E-state index in [1.165, 1.54) is 22.8 Å². The molecule has 2 amide bonds. The van der Waals surface area contributed by atoms with Crippen LogP contribution in [0, 0.1) is 11.3 Å². The average molecular weight is 445 g/mol. The van der Waals surface area contributed by atoms with E-state index in [0.29, 0.717) is 24.2 Å². The number of carbonyl (C=O) groups excluding carboxylic acids is 2. The minimum absolute atomic E-state index is 0.0859. The van der Waals surface area contributed by atoms with Crippen LogP contribution in [0.25, 0.3) is 0 Å². The van der Waals surface area contributed by atoms with Crippen LogP contribution in [-0.2, 0) is 19.6 Å². The van der Waals surface area contributed by atoms with Crippen LogP contribution in [0.3, 0.4) is 0 Å². The molecule has 1 saturated heterocycles. The molecule has 166 valence electrons. The molecule has 0 spiro atoms. The second kappa shape index (κ2) is 9.15. The average Bonchev–Trinajstić information content (AvgIpc) is 2.75. The van der Waals surface area contributed by atoms with E-state index in [4.69, 9.17) is 0 Å². The Labute approximate surface area is 183 Å². The first-order chi connectivity index (χ1) is 14.6. The van der Waals surface area contributed by atoms with E-state index in [2.05, 4.69) is 15.6 Å². The quantitative estimate of drug-likeness (QED) is 0.737. The van der Waals surface area contributed by atoms with E-state index in [0.717, 1.165) is 0 Å². The maximum atomic E-state index is 12.7. The summed E-state index contributed by atoms with van der Waals surface area (Å²) in [6.07, 6.45) is 3.76. The van der Waals surface area contributed by atoms with Crippen LogP contribution in [0.1, 0.15) is 33.6 Å². The van der Waals surface area contributed by atoms with Gasteiger partial charge in [-0.05, 0) is 49.2 Å². The maximum Gasteiger partial charge on any atom is 0.244 e. The third-order valence-electron chi connectivity index (χ3n) is 5.19. The number of hydrogen-bond acceptors (Lipinski definition) is 5. The molecule has 1 aromatic carbocycles. The van der Waals surface area contributed by atoms with Crippen molar-refractivity contribution in [3.05, 3.63) is 48.8 Å². The number of carbonyl (C=O) groups is 2. The number of rotatable bonds is 5. The molecule has 1 aliphatic heterocycles. The van der Waals surface area contributed by atoms with Gasteiger partial charge in [-0.1, -0.05) is 20.8 Å². The normalized spacial score (nSPS) is 16.0. The number of anilines is 2. The van der Waals surface area contributed by atoms with Crippen LogP contribution in [0.15, 0.2) is 53.7 Å². The Kier molecular flexibility index (Phi) is 6.76. The molecule has 0 unspecified atom stereocenters. The fraction of sp³-hybridized carbons (Fsp3) is 0.409. The van der Waals surface area contributed by atoms with Gasteiger partial charge < -0.3 is 10.6 Å². The molecule has 0 atom stereocenters. The summed E-state index contributed by atoms with van der Waals surface area (Å²) in [7, 11) is -3.59. The predicted octanol–water partition coefficient (Wildman–Crippen LogP) is 3.11. The molecule has 31 heavy (non-hydrogen) atoms. The molecule has 8 nitrogen and oxygen atoms in total. The van der Waals surface area contributed by atoms with Crippen LogP contribution < -0.4 is 10.6 Å². The van der Waals surface area contributed by atoms with E-state index in [1.54, 1.807) is 30.3 Å². The van der Waals surface area contributed by atoms with Crippen molar-refractivity contribution in [1.29, 1.82) is 0 Å². The van der Waals surface area contributed by atoms with Gasteiger partial charge in [0.2, 0.25) is 21.8 Å². The zero-order chi connectivity index (χ0) is 22.6. The zero-order valence-corrected chi connectivity index (χ0v) is 18.8. The lowest BCUT2D eigenvalue weighted by molar-refractivity contribution is -0.123. The second-order valence-corrected chi connectivity index (χ2v) is 10.6. The van der Waals surface area contributed by atoms with Crippen molar-refractivity contribution in [3.63, 3.8) is 0 Å². The van der Waals surface area contributed by atoms with Crippen LogP contribution >= 0.6 is 0 Å². The molecular formula is C22H28N4O4S. The Morgan fingerprint density at radius 1 is 1.00 bits per heavy atom. The summed E-state index contributed by atoms with van der Waals surface area (Å²) in [6, 6.07) is 10.1. The molecule has 1 aromatic heterocycles. The summed E-state index contributed by atoms with van der Waals surface area (Å²) >= 11 is 0. The molecule has 3 rings (SSSR count). The molecule has 9 heteroatoms. The number of nitrogens with one attached hydrogen (secondary N) is 2. The number of pyridine rings is 1. The Morgan fingerprint density at radius 3 is 2.10 bits per heavy atom. The summed E-state index contributed by atoms with van der Waals surface area (Å²) in [6.45, 7) is 6.08. The van der Waals surface area contributed by atoms with Crippen molar-refractivity contribution >= 4 is 33.2 Å². The number of amides is 2. The van der Waals surface area contributed by atoms with Crippen molar-refractivity contribution < 1.29 is 18.0 Å². The number of benzene rings is 1. The summed E-state index contributed by atoms with van der Waals surface area (Å²) in [5.74, 6) is -0.484. The largest absolute Gasteiger partial charge is 0.326 e. The van der Waals surface area contributed by atoms with Gasteiger partial charge in [-0.2, -0.15) is 4.31 Å². The highest BCUT2D eigenvalue weighted by molar-refractivity contribution is 7.89. The van der Waals surface area contributed by atoms with Crippen molar-refractivity contribution in [2.24, 2.45) is 11.3 Å². The van der Waals surface area contributed by atoms with Crippen molar-refractivity contribution in [3.8, 4) is 0 Å². The van der Waals surface area contributed by atoms with Gasteiger partial charge in [0.15, 0.2) is 0 Å². The van der Waals surface area contributed by atoms with E-state index in [1.807, 2.05) is 20.8 Å². The molecule has 1 fully saturated rings. The first-order valence-electron chi connectivity index (χ1n) is 10.2. The van der Waals surface area contributed by atoms with Crippen LogP contribution in [-0.4, -0.2) is 42.6 Å². The van der Waals surface area contributed by atoms with Crippen molar-refractivity contribution in [2.45, 2.75) is 38.5 Å². The molecule has 2 heterocycles. The van der Waals surface area contributed by atoms with Gasteiger partial charge in [0.25, 0.3) is 0 Å². The summed E-state index contributed by atoms with van der Waals surface area (Å²) in [5.41, 5.74) is 0.794. The van der Waals surface area contributed by atoms with Crippen LogP contribution in [0.4, 0.5) is 11.4 Å². The third-order valence-corrected chi connectivity index (χ3v) is 7.07. The number of aromatic nitrogens is 1. The van der Waals surface area contributed by atoms with Crippen molar-refractivity contribution in [1.82, 2.24) is 9.29 Å². The fourth-order valence-electron chi connectivity index (χ4n) is 3.21. The number of piperidine rings is 1. The molecule has 0 radical (unpaired) electrons. The SMILES string of the molecule is CC(C)(C)C(=O)Nc1ccc(NC(=O)C2CCN(S(=O)(=O)c3cccnc3)CC2)cc1. The molecular weight excluding hydrogens is 416 g/mol. The number of nitrogens with zero attached hydrogens (tertiary/aromatic N) is 2. The standard InChI is InChI=1S/C22H28N4O4S/c1-22(2,3)21(28)25-18-8-6-17(7-9-18)24-20(27)16-10-13-26(14-11-16)31(29,30)19-5-4-12-23-15-19/h4-9,12,15-16H,10-11,13-14H2,1-3H3,(H,24,27)(H,25,28). The fourth-order valence-corrected chi connectivity index (χ4v) is 4.64. The third kappa shape index (κ3) is 5.68. The lowest BCUT2D eigenvalue weighted by Crippen LogP contribution is -2.41. The lowest BCUT2D eigenvalue weighted by Gasteiger charge is -2.30. The van der Waals surface area contributed by atoms with Crippen LogP contribution in [0.2, 0.25) is 0 Å². The zero-order valence-electron chi connectivity index (χ0n) is 18.0. The highest BCUT2D eigenvalue weighted by Gasteiger charge is 2.32. The van der Waals surface area contributed by atoms with Gasteiger partial charge in [0.05, 0.1) is 0 Å². The maximum absolute atomic E-state index is 12.7. The highest BCUT2D eigenvalue weighted by Crippen LogP contribution is 2.25. The summed E-state index contributed by atoms with van der Waals surface area (Å²) in [4.78, 5) is 28.7. The van der Waals surface area contributed by atoms with Gasteiger partial charge in [-0.3, -0.25) is 14.6 Å². The monoisotopic (exact) mass is 444 g/mol. The molecule has 2 aromatic rings.